The molecule has 0 radical (unpaired) electrons. The first kappa shape index (κ1) is 11.2. The fraction of sp³-hybridized carbons (Fsp3) is 0.333. The number of hydrogen-bond donors (Lipinski definition) is 0. The topological polar surface area (TPSA) is 44.0 Å². The first-order valence-electron chi connectivity index (χ1n) is 4.14. The third-order valence-corrected chi connectivity index (χ3v) is 2.59. The van der Waals surface area contributed by atoms with Gasteiger partial charge in [0.25, 0.3) is 5.56 Å². The van der Waals surface area contributed by atoms with Gasteiger partial charge in [-0.15, -0.1) is 6.58 Å². The highest BCUT2D eigenvalue weighted by atomic mass is 127. The fourth-order valence-electron chi connectivity index (χ4n) is 1.10. The SMILES string of the molecule is C=CCCn1c(=O)c(I)cn(C)c1=O. The van der Waals surface area contributed by atoms with Crippen LogP contribution in [0.2, 0.25) is 0 Å². The zero-order valence-corrected chi connectivity index (χ0v) is 10.0. The van der Waals surface area contributed by atoms with Gasteiger partial charge in [-0.3, -0.25) is 9.36 Å². The number of allylic oxidation sites excluding steroid dienone is 1. The van der Waals surface area contributed by atoms with E-state index in [2.05, 4.69) is 6.58 Å². The quantitative estimate of drug-likeness (QED) is 0.610. The summed E-state index contributed by atoms with van der Waals surface area (Å²) in [6, 6.07) is 0. The molecule has 0 fully saturated rings. The second-order valence-corrected chi connectivity index (χ2v) is 4.07. The van der Waals surface area contributed by atoms with E-state index in [9.17, 15) is 9.59 Å². The molecule has 14 heavy (non-hydrogen) atoms. The lowest BCUT2D eigenvalue weighted by atomic mass is 10.4. The molecule has 0 aliphatic rings. The van der Waals surface area contributed by atoms with Crippen molar-refractivity contribution in [2.75, 3.05) is 0 Å². The van der Waals surface area contributed by atoms with Gasteiger partial charge in [-0.1, -0.05) is 6.08 Å². The molecule has 0 aromatic carbocycles. The zero-order chi connectivity index (χ0) is 10.7. The van der Waals surface area contributed by atoms with E-state index in [4.69, 9.17) is 0 Å². The van der Waals surface area contributed by atoms with E-state index >= 15 is 0 Å². The van der Waals surface area contributed by atoms with Crippen molar-refractivity contribution in [2.45, 2.75) is 13.0 Å². The Balaban J connectivity index is 3.32. The van der Waals surface area contributed by atoms with Crippen LogP contribution in [0.4, 0.5) is 0 Å². The van der Waals surface area contributed by atoms with Crippen LogP contribution in [0.5, 0.6) is 0 Å². The number of nitrogens with zero attached hydrogens (tertiary/aromatic N) is 2. The Kier molecular flexibility index (Phi) is 3.68. The van der Waals surface area contributed by atoms with Crippen molar-refractivity contribution in [2.24, 2.45) is 7.05 Å². The number of hydrogen-bond acceptors (Lipinski definition) is 2. The van der Waals surface area contributed by atoms with Crippen LogP contribution in [0.1, 0.15) is 6.42 Å². The minimum Gasteiger partial charge on any atom is -0.302 e. The van der Waals surface area contributed by atoms with Crippen LogP contribution >= 0.6 is 22.6 Å². The summed E-state index contributed by atoms with van der Waals surface area (Å²) in [6.45, 7) is 3.95. The Morgan fingerprint density at radius 1 is 1.57 bits per heavy atom. The summed E-state index contributed by atoms with van der Waals surface area (Å²) in [7, 11) is 1.63. The van der Waals surface area contributed by atoms with Crippen molar-refractivity contribution < 1.29 is 0 Å². The van der Waals surface area contributed by atoms with Gasteiger partial charge in [0.05, 0.1) is 3.57 Å². The van der Waals surface area contributed by atoms with E-state index in [1.807, 2.05) is 22.6 Å². The normalized spacial score (nSPS) is 10.1. The monoisotopic (exact) mass is 306 g/mol. The smallest absolute Gasteiger partial charge is 0.302 e. The lowest BCUT2D eigenvalue weighted by molar-refractivity contribution is 0.592. The van der Waals surface area contributed by atoms with Crippen molar-refractivity contribution in [3.63, 3.8) is 0 Å². The predicted molar refractivity (Wildman–Crippen MR) is 63.5 cm³/mol. The molecule has 0 aliphatic carbocycles. The van der Waals surface area contributed by atoms with Gasteiger partial charge in [-0.25, -0.2) is 4.79 Å². The Hall–Kier alpha value is -0.850. The van der Waals surface area contributed by atoms with E-state index in [1.165, 1.54) is 15.3 Å². The van der Waals surface area contributed by atoms with Crippen molar-refractivity contribution >= 4 is 22.6 Å². The van der Waals surface area contributed by atoms with Gasteiger partial charge in [-0.05, 0) is 29.0 Å². The molecule has 0 atom stereocenters. The summed E-state index contributed by atoms with van der Waals surface area (Å²) in [4.78, 5) is 23.1. The molecule has 0 N–H and O–H groups in total. The highest BCUT2D eigenvalue weighted by molar-refractivity contribution is 14.1. The van der Waals surface area contributed by atoms with Gasteiger partial charge >= 0.3 is 5.69 Å². The minimum atomic E-state index is -0.280. The molecule has 5 heteroatoms. The highest BCUT2D eigenvalue weighted by Gasteiger charge is 2.05. The van der Waals surface area contributed by atoms with E-state index in [-0.39, 0.29) is 11.2 Å². The summed E-state index contributed by atoms with van der Waals surface area (Å²) in [5, 5.41) is 0. The maximum Gasteiger partial charge on any atom is 0.330 e. The number of aryl methyl sites for hydroxylation is 1. The maximum absolute atomic E-state index is 11.6. The van der Waals surface area contributed by atoms with Crippen LogP contribution in [-0.2, 0) is 13.6 Å². The summed E-state index contributed by atoms with van der Waals surface area (Å²) in [5.74, 6) is 0. The lowest BCUT2D eigenvalue weighted by Crippen LogP contribution is -2.39. The molecule has 76 valence electrons. The molecular weight excluding hydrogens is 295 g/mol. The standard InChI is InChI=1S/C9H11IN2O2/c1-3-4-5-12-8(13)7(10)6-11(2)9(12)14/h3,6H,1,4-5H2,2H3. The Labute approximate surface area is 95.0 Å². The molecule has 1 heterocycles. The fourth-order valence-corrected chi connectivity index (χ4v) is 1.81. The van der Waals surface area contributed by atoms with Gasteiger partial charge in [0, 0.05) is 19.8 Å². The molecular formula is C9H11IN2O2. The molecule has 0 bridgehead atoms. The van der Waals surface area contributed by atoms with Crippen molar-refractivity contribution in [1.29, 1.82) is 0 Å². The molecule has 0 spiro atoms. The molecule has 1 rings (SSSR count). The van der Waals surface area contributed by atoms with E-state index in [0.717, 1.165) is 0 Å². The minimum absolute atomic E-state index is 0.226. The van der Waals surface area contributed by atoms with E-state index < -0.39 is 0 Å². The van der Waals surface area contributed by atoms with Crippen LogP contribution in [0.15, 0.2) is 28.4 Å². The molecule has 1 aromatic rings. The van der Waals surface area contributed by atoms with Crippen LogP contribution in [-0.4, -0.2) is 9.13 Å². The first-order chi connectivity index (χ1) is 6.57. The lowest BCUT2D eigenvalue weighted by Gasteiger charge is -2.05. The van der Waals surface area contributed by atoms with Gasteiger partial charge in [0.2, 0.25) is 0 Å². The number of rotatable bonds is 3. The number of aromatic nitrogens is 2. The molecule has 0 aliphatic heterocycles. The van der Waals surface area contributed by atoms with Gasteiger partial charge in [0.1, 0.15) is 0 Å². The summed E-state index contributed by atoms with van der Waals surface area (Å²) < 4.78 is 3.18. The van der Waals surface area contributed by atoms with Crippen LogP contribution in [0.3, 0.4) is 0 Å². The second-order valence-electron chi connectivity index (χ2n) is 2.90. The molecule has 0 amide bonds. The Bertz CT molecular complexity index is 425. The van der Waals surface area contributed by atoms with Gasteiger partial charge in [0.15, 0.2) is 0 Å². The third kappa shape index (κ3) is 2.14. The zero-order valence-electron chi connectivity index (χ0n) is 7.86. The largest absolute Gasteiger partial charge is 0.330 e. The van der Waals surface area contributed by atoms with Gasteiger partial charge < -0.3 is 4.57 Å². The molecule has 1 aromatic heterocycles. The average molecular weight is 306 g/mol. The van der Waals surface area contributed by atoms with Crippen LogP contribution in [0, 0.1) is 3.57 Å². The Morgan fingerprint density at radius 2 is 2.21 bits per heavy atom. The van der Waals surface area contributed by atoms with Crippen LogP contribution in [0.25, 0.3) is 0 Å². The molecule has 4 nitrogen and oxygen atoms in total. The predicted octanol–water partition coefficient (Wildman–Crippen LogP) is 0.728. The maximum atomic E-state index is 11.6. The van der Waals surface area contributed by atoms with Crippen molar-refractivity contribution in [3.8, 4) is 0 Å². The molecule has 0 saturated heterocycles. The first-order valence-corrected chi connectivity index (χ1v) is 5.22. The Morgan fingerprint density at radius 3 is 2.79 bits per heavy atom. The molecule has 0 saturated carbocycles. The highest BCUT2D eigenvalue weighted by Crippen LogP contribution is 1.93. The van der Waals surface area contributed by atoms with Crippen molar-refractivity contribution in [1.82, 2.24) is 9.13 Å². The van der Waals surface area contributed by atoms with E-state index in [1.54, 1.807) is 13.1 Å². The number of halogens is 1. The second kappa shape index (κ2) is 4.59. The summed E-state index contributed by atoms with van der Waals surface area (Å²) in [5.41, 5.74) is -0.507. The van der Waals surface area contributed by atoms with Crippen molar-refractivity contribution in [3.05, 3.63) is 43.3 Å². The molecule has 0 unspecified atom stereocenters. The third-order valence-electron chi connectivity index (χ3n) is 1.85. The summed E-state index contributed by atoms with van der Waals surface area (Å²) in [6.07, 6.45) is 3.84. The van der Waals surface area contributed by atoms with Crippen LogP contribution < -0.4 is 11.2 Å². The van der Waals surface area contributed by atoms with E-state index in [0.29, 0.717) is 16.5 Å². The average Bonchev–Trinajstić information content (AvgIpc) is 2.15. The van der Waals surface area contributed by atoms with Gasteiger partial charge in [-0.2, -0.15) is 0 Å². The summed E-state index contributed by atoms with van der Waals surface area (Å²) >= 11 is 1.93.